The summed E-state index contributed by atoms with van der Waals surface area (Å²) in [5.41, 5.74) is 2.86. The third kappa shape index (κ3) is 2.05. The smallest absolute Gasteiger partial charge is 0.102 e. The lowest BCUT2D eigenvalue weighted by atomic mass is 10.00. The molecule has 4 heteroatoms. The lowest BCUT2D eigenvalue weighted by molar-refractivity contribution is 0.123. The van der Waals surface area contributed by atoms with Crippen molar-refractivity contribution in [3.05, 3.63) is 41.7 Å². The lowest BCUT2D eigenvalue weighted by Crippen LogP contribution is -2.24. The fraction of sp³-hybridized carbons (Fsp3) is 0.471. The van der Waals surface area contributed by atoms with Crippen LogP contribution in [0.25, 0.3) is 5.52 Å². The molecule has 4 rings (SSSR count). The summed E-state index contributed by atoms with van der Waals surface area (Å²) in [6.07, 6.45) is 6.04. The predicted molar refractivity (Wildman–Crippen MR) is 79.6 cm³/mol. The maximum absolute atomic E-state index is 10.0. The van der Waals surface area contributed by atoms with Crippen LogP contribution in [-0.4, -0.2) is 33.6 Å². The first kappa shape index (κ1) is 12.9. The van der Waals surface area contributed by atoms with Crippen LogP contribution >= 0.6 is 0 Å². The fourth-order valence-electron chi connectivity index (χ4n) is 4.13. The number of likely N-dealkylation sites (tertiary alicyclic amines) is 1. The van der Waals surface area contributed by atoms with E-state index in [9.17, 15) is 10.4 Å². The van der Waals surface area contributed by atoms with Crippen LogP contribution in [0, 0.1) is 23.2 Å². The van der Waals surface area contributed by atoms with E-state index in [2.05, 4.69) is 17.2 Å². The summed E-state index contributed by atoms with van der Waals surface area (Å²) in [6, 6.07) is 8.29. The van der Waals surface area contributed by atoms with Crippen molar-refractivity contribution in [2.24, 2.45) is 11.8 Å². The minimum absolute atomic E-state index is 0.122. The Morgan fingerprint density at radius 3 is 3.00 bits per heavy atom. The van der Waals surface area contributed by atoms with Crippen molar-refractivity contribution in [2.75, 3.05) is 13.1 Å². The number of aromatic nitrogens is 1. The first-order valence-electron chi connectivity index (χ1n) is 7.65. The van der Waals surface area contributed by atoms with Gasteiger partial charge in [0.1, 0.15) is 6.07 Å². The summed E-state index contributed by atoms with van der Waals surface area (Å²) in [4.78, 5) is 2.40. The van der Waals surface area contributed by atoms with Crippen molar-refractivity contribution in [2.45, 2.75) is 25.5 Å². The molecule has 0 spiro atoms. The zero-order valence-electron chi connectivity index (χ0n) is 11.9. The normalized spacial score (nSPS) is 28.9. The Labute approximate surface area is 124 Å². The molecule has 0 amide bonds. The third-order valence-corrected chi connectivity index (χ3v) is 5.16. The van der Waals surface area contributed by atoms with Crippen LogP contribution in [0.2, 0.25) is 0 Å². The van der Waals surface area contributed by atoms with E-state index in [1.807, 2.05) is 28.8 Å². The summed E-state index contributed by atoms with van der Waals surface area (Å²) in [7, 11) is 0. The van der Waals surface area contributed by atoms with Gasteiger partial charge in [-0.2, -0.15) is 5.26 Å². The number of nitrogens with zero attached hydrogens (tertiary/aromatic N) is 3. The second-order valence-electron chi connectivity index (χ2n) is 6.40. The highest BCUT2D eigenvalue weighted by Crippen LogP contribution is 2.38. The number of fused-ring (bicyclic) bond motifs is 2. The van der Waals surface area contributed by atoms with Gasteiger partial charge in [-0.15, -0.1) is 0 Å². The Hall–Kier alpha value is -1.83. The fourth-order valence-corrected chi connectivity index (χ4v) is 4.13. The highest BCUT2D eigenvalue weighted by molar-refractivity contribution is 5.65. The van der Waals surface area contributed by atoms with Gasteiger partial charge in [-0.05, 0) is 30.9 Å². The molecule has 2 aromatic rings. The van der Waals surface area contributed by atoms with Gasteiger partial charge in [0.05, 0.1) is 17.2 Å². The van der Waals surface area contributed by atoms with Crippen molar-refractivity contribution in [3.8, 4) is 6.07 Å². The van der Waals surface area contributed by atoms with Crippen LogP contribution in [0.1, 0.15) is 24.0 Å². The molecular formula is C17H19N3O. The molecule has 3 heterocycles. The van der Waals surface area contributed by atoms with Gasteiger partial charge in [-0.3, -0.25) is 4.90 Å². The second-order valence-corrected chi connectivity index (χ2v) is 6.40. The van der Waals surface area contributed by atoms with Crippen molar-refractivity contribution < 1.29 is 5.11 Å². The average Bonchev–Trinajstić information content (AvgIpc) is 3.13. The minimum atomic E-state index is -0.122. The Morgan fingerprint density at radius 1 is 1.29 bits per heavy atom. The molecule has 3 atom stereocenters. The van der Waals surface area contributed by atoms with E-state index in [-0.39, 0.29) is 6.10 Å². The molecular weight excluding hydrogens is 262 g/mol. The molecule has 2 aliphatic rings. The second kappa shape index (κ2) is 4.87. The van der Waals surface area contributed by atoms with Gasteiger partial charge in [0.25, 0.3) is 0 Å². The van der Waals surface area contributed by atoms with Crippen LogP contribution in [0.3, 0.4) is 0 Å². The summed E-state index contributed by atoms with van der Waals surface area (Å²) < 4.78 is 2.03. The summed E-state index contributed by atoms with van der Waals surface area (Å²) in [6.45, 7) is 2.83. The van der Waals surface area contributed by atoms with E-state index in [1.54, 1.807) is 0 Å². The van der Waals surface area contributed by atoms with E-state index in [1.165, 1.54) is 0 Å². The zero-order valence-corrected chi connectivity index (χ0v) is 11.9. The Morgan fingerprint density at radius 2 is 2.19 bits per heavy atom. The van der Waals surface area contributed by atoms with Gasteiger partial charge < -0.3 is 9.51 Å². The maximum atomic E-state index is 10.0. The molecule has 1 saturated heterocycles. The number of hydrogen-bond donors (Lipinski definition) is 1. The van der Waals surface area contributed by atoms with E-state index in [0.717, 1.165) is 49.1 Å². The molecule has 1 aliphatic heterocycles. The molecule has 0 bridgehead atoms. The monoisotopic (exact) mass is 281 g/mol. The quantitative estimate of drug-likeness (QED) is 0.916. The van der Waals surface area contributed by atoms with E-state index < -0.39 is 0 Å². The standard InChI is InChI=1S/C17H19N3O/c18-7-14-13(10-20-6-2-1-3-16(14)20)9-19-8-12-4-5-17(21)15(12)11-19/h1-3,6,10,12,15,17,21H,4-5,8-9,11H2. The number of pyridine rings is 1. The number of aliphatic hydroxyl groups is 1. The molecule has 4 nitrogen and oxygen atoms in total. The van der Waals surface area contributed by atoms with Gasteiger partial charge in [-0.25, -0.2) is 0 Å². The summed E-state index contributed by atoms with van der Waals surface area (Å²) in [5.74, 6) is 1.08. The zero-order chi connectivity index (χ0) is 14.4. The van der Waals surface area contributed by atoms with Gasteiger partial charge in [0.2, 0.25) is 0 Å². The molecule has 21 heavy (non-hydrogen) atoms. The Kier molecular flexibility index (Phi) is 2.99. The lowest BCUT2D eigenvalue weighted by Gasteiger charge is -2.17. The summed E-state index contributed by atoms with van der Waals surface area (Å²) in [5, 5.41) is 19.5. The minimum Gasteiger partial charge on any atom is -0.393 e. The molecule has 108 valence electrons. The van der Waals surface area contributed by atoms with Crippen LogP contribution in [-0.2, 0) is 6.54 Å². The van der Waals surface area contributed by atoms with E-state index in [0.29, 0.717) is 11.8 Å². The molecule has 1 saturated carbocycles. The van der Waals surface area contributed by atoms with Crippen LogP contribution < -0.4 is 0 Å². The predicted octanol–water partition coefficient (Wildman–Crippen LogP) is 2.01. The number of hydrogen-bond acceptors (Lipinski definition) is 3. The number of aliphatic hydroxyl groups excluding tert-OH is 1. The molecule has 2 aromatic heterocycles. The van der Waals surface area contributed by atoms with Crippen LogP contribution in [0.4, 0.5) is 0 Å². The molecule has 3 unspecified atom stereocenters. The SMILES string of the molecule is N#Cc1c(CN2CC3CCC(O)C3C2)cn2ccccc12. The van der Waals surface area contributed by atoms with Gasteiger partial charge in [0.15, 0.2) is 0 Å². The van der Waals surface area contributed by atoms with Gasteiger partial charge >= 0.3 is 0 Å². The maximum Gasteiger partial charge on any atom is 0.102 e. The first-order valence-corrected chi connectivity index (χ1v) is 7.65. The van der Waals surface area contributed by atoms with Crippen molar-refractivity contribution in [1.82, 2.24) is 9.30 Å². The van der Waals surface area contributed by atoms with Gasteiger partial charge in [0, 0.05) is 43.5 Å². The number of nitriles is 1. The van der Waals surface area contributed by atoms with E-state index >= 15 is 0 Å². The van der Waals surface area contributed by atoms with Crippen molar-refractivity contribution in [1.29, 1.82) is 5.26 Å². The van der Waals surface area contributed by atoms with E-state index in [4.69, 9.17) is 0 Å². The van der Waals surface area contributed by atoms with Crippen molar-refractivity contribution in [3.63, 3.8) is 0 Å². The van der Waals surface area contributed by atoms with Crippen molar-refractivity contribution >= 4 is 5.52 Å². The molecule has 1 N–H and O–H groups in total. The third-order valence-electron chi connectivity index (χ3n) is 5.16. The molecule has 1 aliphatic carbocycles. The summed E-state index contributed by atoms with van der Waals surface area (Å²) >= 11 is 0. The highest BCUT2D eigenvalue weighted by atomic mass is 16.3. The average molecular weight is 281 g/mol. The topological polar surface area (TPSA) is 51.7 Å². The van der Waals surface area contributed by atoms with Crippen LogP contribution in [0.5, 0.6) is 0 Å². The Bertz CT molecular complexity index is 714. The highest BCUT2D eigenvalue weighted by Gasteiger charge is 2.41. The Balaban J connectivity index is 1.60. The largest absolute Gasteiger partial charge is 0.393 e. The molecule has 2 fully saturated rings. The van der Waals surface area contributed by atoms with Gasteiger partial charge in [-0.1, -0.05) is 6.07 Å². The number of rotatable bonds is 2. The molecule has 0 aromatic carbocycles. The first-order chi connectivity index (χ1) is 10.3. The van der Waals surface area contributed by atoms with Crippen LogP contribution in [0.15, 0.2) is 30.6 Å². The molecule has 0 radical (unpaired) electrons.